The second-order valence-electron chi connectivity index (χ2n) is 8.93. The Bertz CT molecular complexity index is 1520. The first-order valence-electron chi connectivity index (χ1n) is 11.3. The van der Waals surface area contributed by atoms with Crippen molar-refractivity contribution in [3.05, 3.63) is 112 Å². The highest BCUT2D eigenvalue weighted by atomic mass is 35.5. The van der Waals surface area contributed by atoms with Crippen molar-refractivity contribution in [3.63, 3.8) is 0 Å². The number of benzene rings is 3. The van der Waals surface area contributed by atoms with Gasteiger partial charge in [-0.15, -0.1) is 0 Å². The first-order chi connectivity index (χ1) is 16.8. The lowest BCUT2D eigenvalue weighted by Crippen LogP contribution is -2.31. The van der Waals surface area contributed by atoms with E-state index < -0.39 is 5.60 Å². The average Bonchev–Trinajstić information content (AvgIpc) is 3.28. The molecule has 0 saturated heterocycles. The average molecular weight is 484 g/mol. The highest BCUT2D eigenvalue weighted by Crippen LogP contribution is 2.40. The molecule has 5 rings (SSSR count). The van der Waals surface area contributed by atoms with E-state index in [0.29, 0.717) is 27.7 Å². The first kappa shape index (κ1) is 23.1. The van der Waals surface area contributed by atoms with E-state index in [1.54, 1.807) is 31.8 Å². The van der Waals surface area contributed by atoms with E-state index in [0.717, 1.165) is 22.0 Å². The molecule has 5 nitrogen and oxygen atoms in total. The van der Waals surface area contributed by atoms with Crippen LogP contribution in [0.5, 0.6) is 5.88 Å². The number of methoxy groups -OCH3 is 1. The number of hydrogen-bond acceptors (Lipinski definition) is 4. The van der Waals surface area contributed by atoms with Crippen molar-refractivity contribution < 1.29 is 9.84 Å². The third-order valence-electron chi connectivity index (χ3n) is 6.39. The van der Waals surface area contributed by atoms with Crippen LogP contribution in [0.15, 0.2) is 79.3 Å². The Morgan fingerprint density at radius 1 is 0.914 bits per heavy atom. The summed E-state index contributed by atoms with van der Waals surface area (Å²) in [6.07, 6.45) is 3.38. The lowest BCUT2D eigenvalue weighted by molar-refractivity contribution is 0.117. The van der Waals surface area contributed by atoms with E-state index in [2.05, 4.69) is 42.0 Å². The largest absolute Gasteiger partial charge is 0.481 e. The third-order valence-corrected chi connectivity index (χ3v) is 6.65. The van der Waals surface area contributed by atoms with Gasteiger partial charge in [0.1, 0.15) is 0 Å². The van der Waals surface area contributed by atoms with Gasteiger partial charge in [0, 0.05) is 23.5 Å². The van der Waals surface area contributed by atoms with Crippen molar-refractivity contribution in [2.45, 2.75) is 19.4 Å². The predicted molar refractivity (Wildman–Crippen MR) is 140 cm³/mol. The molecule has 0 aliphatic heterocycles. The predicted octanol–water partition coefficient (Wildman–Crippen LogP) is 6.20. The minimum Gasteiger partial charge on any atom is -0.481 e. The van der Waals surface area contributed by atoms with Crippen molar-refractivity contribution in [1.29, 1.82) is 0 Å². The fraction of sp³-hybridized carbons (Fsp3) is 0.172. The lowest BCUT2D eigenvalue weighted by Gasteiger charge is -2.30. The smallest absolute Gasteiger partial charge is 0.214 e. The van der Waals surface area contributed by atoms with Crippen molar-refractivity contribution in [3.8, 4) is 17.0 Å². The number of hydrogen-bond donors (Lipinski definition) is 1. The highest BCUT2D eigenvalue weighted by Gasteiger charge is 2.37. The van der Waals surface area contributed by atoms with Crippen molar-refractivity contribution in [2.24, 2.45) is 7.05 Å². The van der Waals surface area contributed by atoms with Gasteiger partial charge in [-0.05, 0) is 60.4 Å². The third kappa shape index (κ3) is 4.07. The van der Waals surface area contributed by atoms with E-state index in [1.165, 1.54) is 11.1 Å². The zero-order valence-corrected chi connectivity index (χ0v) is 20.8. The van der Waals surface area contributed by atoms with Crippen molar-refractivity contribution >= 4 is 22.5 Å². The Morgan fingerprint density at radius 2 is 1.60 bits per heavy atom. The van der Waals surface area contributed by atoms with Crippen LogP contribution in [0.2, 0.25) is 5.02 Å². The minimum absolute atomic E-state index is 0.541. The van der Waals surface area contributed by atoms with Crippen LogP contribution in [0.3, 0.4) is 0 Å². The topological polar surface area (TPSA) is 60.2 Å². The van der Waals surface area contributed by atoms with Crippen LogP contribution in [0.25, 0.3) is 22.0 Å². The maximum absolute atomic E-state index is 12.3. The summed E-state index contributed by atoms with van der Waals surface area (Å²) < 4.78 is 7.34. The van der Waals surface area contributed by atoms with Crippen LogP contribution >= 0.6 is 11.6 Å². The maximum atomic E-state index is 12.3. The molecule has 2 heterocycles. The molecule has 176 valence electrons. The van der Waals surface area contributed by atoms with Crippen LogP contribution in [0, 0.1) is 13.8 Å². The summed E-state index contributed by atoms with van der Waals surface area (Å²) in [7, 11) is 3.49. The molecule has 3 aromatic carbocycles. The van der Waals surface area contributed by atoms with Gasteiger partial charge >= 0.3 is 0 Å². The summed E-state index contributed by atoms with van der Waals surface area (Å²) in [5.74, 6) is 0.541. The van der Waals surface area contributed by atoms with Gasteiger partial charge in [-0.2, -0.15) is 0 Å². The van der Waals surface area contributed by atoms with Gasteiger partial charge in [-0.1, -0.05) is 59.1 Å². The lowest BCUT2D eigenvalue weighted by atomic mass is 9.82. The number of aliphatic hydroxyl groups is 1. The molecule has 5 aromatic rings. The quantitative estimate of drug-likeness (QED) is 0.323. The summed E-state index contributed by atoms with van der Waals surface area (Å²) in [4.78, 5) is 8.95. The number of imidazole rings is 1. The number of aryl methyl sites for hydroxylation is 3. The molecule has 1 unspecified atom stereocenters. The second kappa shape index (κ2) is 8.84. The molecule has 0 aliphatic rings. The molecule has 0 aliphatic carbocycles. The van der Waals surface area contributed by atoms with Gasteiger partial charge in [0.15, 0.2) is 5.60 Å². The number of halogens is 1. The van der Waals surface area contributed by atoms with Gasteiger partial charge in [-0.3, -0.25) is 0 Å². The van der Waals surface area contributed by atoms with Gasteiger partial charge in [0.2, 0.25) is 5.88 Å². The molecule has 0 amide bonds. The van der Waals surface area contributed by atoms with Crippen LogP contribution < -0.4 is 4.74 Å². The molecule has 35 heavy (non-hydrogen) atoms. The van der Waals surface area contributed by atoms with E-state index in [1.807, 2.05) is 48.0 Å². The Hall–Kier alpha value is -3.67. The molecule has 1 atom stereocenters. The van der Waals surface area contributed by atoms with Crippen LogP contribution in [0.4, 0.5) is 0 Å². The van der Waals surface area contributed by atoms with Gasteiger partial charge in [-0.25, -0.2) is 9.97 Å². The number of ether oxygens (including phenoxy) is 1. The monoisotopic (exact) mass is 483 g/mol. The van der Waals surface area contributed by atoms with Crippen LogP contribution in [-0.4, -0.2) is 26.8 Å². The van der Waals surface area contributed by atoms with E-state index >= 15 is 0 Å². The number of nitrogens with zero attached hydrogens (tertiary/aromatic N) is 3. The first-order valence-corrected chi connectivity index (χ1v) is 11.7. The number of aromatic nitrogens is 3. The zero-order chi connectivity index (χ0) is 24.7. The molecule has 1 N–H and O–H groups in total. The summed E-state index contributed by atoms with van der Waals surface area (Å²) in [5, 5.41) is 13.9. The van der Waals surface area contributed by atoms with Gasteiger partial charge in [0.25, 0.3) is 0 Å². The van der Waals surface area contributed by atoms with E-state index in [4.69, 9.17) is 16.3 Å². The van der Waals surface area contributed by atoms with E-state index in [9.17, 15) is 5.11 Å². The van der Waals surface area contributed by atoms with Crippen molar-refractivity contribution in [2.75, 3.05) is 7.11 Å². The molecular weight excluding hydrogens is 458 g/mol. The Kier molecular flexibility index (Phi) is 5.83. The molecule has 2 aromatic heterocycles. The fourth-order valence-electron chi connectivity index (χ4n) is 4.76. The van der Waals surface area contributed by atoms with Gasteiger partial charge < -0.3 is 14.4 Å². The Balaban J connectivity index is 1.81. The van der Waals surface area contributed by atoms with Crippen LogP contribution in [0.1, 0.15) is 27.9 Å². The fourth-order valence-corrected chi connectivity index (χ4v) is 4.89. The normalized spacial score (nSPS) is 13.1. The highest BCUT2D eigenvalue weighted by molar-refractivity contribution is 6.30. The Morgan fingerprint density at radius 3 is 2.23 bits per heavy atom. The van der Waals surface area contributed by atoms with Gasteiger partial charge in [0.05, 0.1) is 30.8 Å². The summed E-state index contributed by atoms with van der Waals surface area (Å²) in [6, 6.07) is 21.5. The van der Waals surface area contributed by atoms with Crippen molar-refractivity contribution in [1.82, 2.24) is 14.5 Å². The summed E-state index contributed by atoms with van der Waals surface area (Å²) in [6.45, 7) is 4.18. The number of fused-ring (bicyclic) bond motifs is 1. The molecule has 0 bridgehead atoms. The second-order valence-corrected chi connectivity index (χ2v) is 9.36. The molecule has 0 fully saturated rings. The van der Waals surface area contributed by atoms with Crippen LogP contribution in [-0.2, 0) is 12.6 Å². The Labute approximate surface area is 209 Å². The molecule has 0 saturated carbocycles. The standard InChI is InChI=1S/C29H26ClN3O2/c1-18-11-19(2)13-20(12-18)24-15-28(35-4)32-26-10-7-22(14-25(24)26)29(34,27-16-31-17-33(27)3)21-5-8-23(30)9-6-21/h5-17,34H,1-4H3. The molecule has 0 spiro atoms. The number of pyridine rings is 1. The minimum atomic E-state index is -1.45. The zero-order valence-electron chi connectivity index (χ0n) is 20.1. The molecule has 6 heteroatoms. The SMILES string of the molecule is COc1cc(-c2cc(C)cc(C)c2)c2cc(C(O)(c3ccc(Cl)cc3)c3cncn3C)ccc2n1. The summed E-state index contributed by atoms with van der Waals surface area (Å²) in [5.41, 5.74) is 5.78. The van der Waals surface area contributed by atoms with E-state index in [-0.39, 0.29) is 0 Å². The summed E-state index contributed by atoms with van der Waals surface area (Å²) >= 11 is 6.17. The molecule has 0 radical (unpaired) electrons. The molecular formula is C29H26ClN3O2. The number of rotatable bonds is 5. The maximum Gasteiger partial charge on any atom is 0.214 e.